The van der Waals surface area contributed by atoms with Crippen LogP contribution in [0.25, 0.3) is 0 Å². The van der Waals surface area contributed by atoms with Crippen LogP contribution in [-0.4, -0.2) is 35.3 Å². The Morgan fingerprint density at radius 1 is 1.17 bits per heavy atom. The summed E-state index contributed by atoms with van der Waals surface area (Å²) in [4.78, 5) is 14.3. The van der Waals surface area contributed by atoms with E-state index in [1.54, 1.807) is 4.90 Å². The second-order valence-electron chi connectivity index (χ2n) is 9.10. The lowest BCUT2D eigenvalue weighted by Crippen LogP contribution is -2.47. The largest absolute Gasteiger partial charge is 0.485 e. The van der Waals surface area contributed by atoms with E-state index in [4.69, 9.17) is 9.47 Å². The maximum Gasteiger partial charge on any atom is 0.410 e. The zero-order chi connectivity index (χ0) is 20.5. The Balaban J connectivity index is 1.50. The predicted octanol–water partition coefficient (Wildman–Crippen LogP) is 4.68. The zero-order valence-corrected chi connectivity index (χ0v) is 17.5. The van der Waals surface area contributed by atoms with Gasteiger partial charge in [0.2, 0.25) is 0 Å². The summed E-state index contributed by atoms with van der Waals surface area (Å²) in [5.74, 6) is 0.912. The van der Waals surface area contributed by atoms with Crippen LogP contribution < -0.4 is 10.1 Å². The molecule has 5 heteroatoms. The second kappa shape index (κ2) is 7.71. The molecule has 0 aliphatic carbocycles. The van der Waals surface area contributed by atoms with Crippen molar-refractivity contribution in [2.75, 3.05) is 13.1 Å². The molecule has 5 nitrogen and oxygen atoms in total. The molecule has 1 spiro atoms. The molecule has 0 saturated carbocycles. The predicted molar refractivity (Wildman–Crippen MR) is 113 cm³/mol. The van der Waals surface area contributed by atoms with E-state index in [9.17, 15) is 4.79 Å². The highest BCUT2D eigenvalue weighted by atomic mass is 16.6. The minimum atomic E-state index is -0.493. The molecule has 0 bridgehead atoms. The first-order chi connectivity index (χ1) is 13.8. The zero-order valence-electron chi connectivity index (χ0n) is 17.5. The number of hydrogen-bond donors (Lipinski definition) is 1. The van der Waals surface area contributed by atoms with Crippen LogP contribution in [0.3, 0.4) is 0 Å². The van der Waals surface area contributed by atoms with E-state index in [0.29, 0.717) is 13.1 Å². The summed E-state index contributed by atoms with van der Waals surface area (Å²) in [6, 6.07) is 18.8. The minimum absolute atomic E-state index is 0.179. The van der Waals surface area contributed by atoms with Crippen molar-refractivity contribution in [2.24, 2.45) is 0 Å². The first-order valence-corrected chi connectivity index (χ1v) is 10.4. The molecule has 0 radical (unpaired) electrons. The van der Waals surface area contributed by atoms with Crippen molar-refractivity contribution >= 4 is 6.09 Å². The topological polar surface area (TPSA) is 50.8 Å². The molecule has 2 heterocycles. The van der Waals surface area contributed by atoms with E-state index in [1.807, 2.05) is 39.0 Å². The van der Waals surface area contributed by atoms with Crippen LogP contribution in [-0.2, 0) is 11.3 Å². The van der Waals surface area contributed by atoms with Gasteiger partial charge in [-0.2, -0.15) is 0 Å². The number of hydrogen-bond acceptors (Lipinski definition) is 4. The number of rotatable bonds is 3. The highest BCUT2D eigenvalue weighted by molar-refractivity contribution is 5.68. The first-order valence-electron chi connectivity index (χ1n) is 10.4. The summed E-state index contributed by atoms with van der Waals surface area (Å²) in [6.45, 7) is 7.70. The molecule has 4 rings (SSSR count). The number of fused-ring (bicyclic) bond motifs is 1. The Bertz CT molecular complexity index is 862. The molecule has 29 heavy (non-hydrogen) atoms. The first kappa shape index (κ1) is 19.8. The van der Waals surface area contributed by atoms with Crippen LogP contribution in [0.1, 0.15) is 50.8 Å². The molecule has 2 atom stereocenters. The normalized spacial score (nSPS) is 23.6. The van der Waals surface area contributed by atoms with Crippen LogP contribution in [0.2, 0.25) is 0 Å². The van der Waals surface area contributed by atoms with Crippen LogP contribution in [0, 0.1) is 0 Å². The van der Waals surface area contributed by atoms with E-state index in [2.05, 4.69) is 41.7 Å². The molecule has 2 aliphatic rings. The van der Waals surface area contributed by atoms with Crippen LogP contribution in [0.15, 0.2) is 54.6 Å². The van der Waals surface area contributed by atoms with E-state index in [0.717, 1.165) is 25.1 Å². The monoisotopic (exact) mass is 394 g/mol. The Morgan fingerprint density at radius 2 is 1.90 bits per heavy atom. The van der Waals surface area contributed by atoms with Gasteiger partial charge in [0.05, 0.1) is 6.54 Å². The summed E-state index contributed by atoms with van der Waals surface area (Å²) in [5, 5.41) is 3.71. The number of para-hydroxylation sites is 1. The van der Waals surface area contributed by atoms with Gasteiger partial charge in [-0.3, -0.25) is 0 Å². The number of carbonyl (C=O) groups excluding carboxylic acids is 1. The number of benzene rings is 2. The Kier molecular flexibility index (Phi) is 5.26. The Labute approximate surface area is 173 Å². The number of likely N-dealkylation sites (tertiary alicyclic amines) is 1. The minimum Gasteiger partial charge on any atom is -0.485 e. The third-order valence-electron chi connectivity index (χ3n) is 5.56. The van der Waals surface area contributed by atoms with Gasteiger partial charge < -0.3 is 19.7 Å². The quantitative estimate of drug-likeness (QED) is 0.821. The fourth-order valence-electron chi connectivity index (χ4n) is 4.21. The van der Waals surface area contributed by atoms with Crippen molar-refractivity contribution < 1.29 is 14.3 Å². The molecule has 1 fully saturated rings. The fraction of sp³-hybridized carbons (Fsp3) is 0.458. The third-order valence-corrected chi connectivity index (χ3v) is 5.56. The summed E-state index contributed by atoms with van der Waals surface area (Å²) in [5.41, 5.74) is 1.57. The summed E-state index contributed by atoms with van der Waals surface area (Å²) >= 11 is 0. The second-order valence-corrected chi connectivity index (χ2v) is 9.10. The van der Waals surface area contributed by atoms with E-state index < -0.39 is 5.60 Å². The number of nitrogens with one attached hydrogen (secondary N) is 1. The molecule has 2 aromatic rings. The number of nitrogens with zero attached hydrogens (tertiary/aromatic N) is 1. The van der Waals surface area contributed by atoms with Gasteiger partial charge in [0.25, 0.3) is 0 Å². The SMILES string of the molecule is CC(C)(C)OC(=O)N1CC[C@]2(C[C@H](NCc3ccccc3)c3ccccc3O2)C1. The number of ether oxygens (including phenoxy) is 2. The van der Waals surface area contributed by atoms with E-state index in [-0.39, 0.29) is 17.7 Å². The number of amides is 1. The maximum atomic E-state index is 12.6. The lowest BCUT2D eigenvalue weighted by atomic mass is 9.86. The summed E-state index contributed by atoms with van der Waals surface area (Å²) in [6.07, 6.45) is 1.38. The van der Waals surface area contributed by atoms with Crippen LogP contribution >= 0.6 is 0 Å². The van der Waals surface area contributed by atoms with Crippen molar-refractivity contribution in [1.29, 1.82) is 0 Å². The van der Waals surface area contributed by atoms with Crippen molar-refractivity contribution in [2.45, 2.75) is 57.4 Å². The van der Waals surface area contributed by atoms with Gasteiger partial charge >= 0.3 is 6.09 Å². The molecule has 154 valence electrons. The smallest absolute Gasteiger partial charge is 0.410 e. The average Bonchev–Trinajstić information content (AvgIpc) is 3.09. The maximum absolute atomic E-state index is 12.6. The van der Waals surface area contributed by atoms with Gasteiger partial charge in [-0.1, -0.05) is 48.5 Å². The van der Waals surface area contributed by atoms with Gasteiger partial charge in [-0.25, -0.2) is 4.79 Å². The number of carbonyl (C=O) groups is 1. The third kappa shape index (κ3) is 4.56. The van der Waals surface area contributed by atoms with Crippen molar-refractivity contribution in [3.8, 4) is 5.75 Å². The van der Waals surface area contributed by atoms with Crippen molar-refractivity contribution in [1.82, 2.24) is 10.2 Å². The Hall–Kier alpha value is -2.53. The fourth-order valence-corrected chi connectivity index (χ4v) is 4.21. The molecule has 0 unspecified atom stereocenters. The van der Waals surface area contributed by atoms with Gasteiger partial charge in [-0.05, 0) is 32.4 Å². The van der Waals surface area contributed by atoms with Gasteiger partial charge in [0, 0.05) is 37.5 Å². The lowest BCUT2D eigenvalue weighted by Gasteiger charge is -2.40. The summed E-state index contributed by atoms with van der Waals surface area (Å²) in [7, 11) is 0. The van der Waals surface area contributed by atoms with E-state index >= 15 is 0 Å². The highest BCUT2D eigenvalue weighted by Gasteiger charge is 2.47. The molecular formula is C24H30N2O3. The molecule has 2 aromatic carbocycles. The standard InChI is InChI=1S/C24H30N2O3/c1-23(2,3)29-22(27)26-14-13-24(17-26)15-20(19-11-7-8-12-21(19)28-24)25-16-18-9-5-4-6-10-18/h4-12,20,25H,13-17H2,1-3H3/t20-,24-/m0/s1. The van der Waals surface area contributed by atoms with Gasteiger partial charge in [0.1, 0.15) is 17.0 Å². The summed E-state index contributed by atoms with van der Waals surface area (Å²) < 4.78 is 12.1. The van der Waals surface area contributed by atoms with Crippen LogP contribution in [0.4, 0.5) is 4.79 Å². The molecular weight excluding hydrogens is 364 g/mol. The van der Waals surface area contributed by atoms with Crippen LogP contribution in [0.5, 0.6) is 5.75 Å². The molecule has 2 aliphatic heterocycles. The molecule has 1 N–H and O–H groups in total. The molecule has 1 amide bonds. The van der Waals surface area contributed by atoms with Gasteiger partial charge in [-0.15, -0.1) is 0 Å². The average molecular weight is 395 g/mol. The Morgan fingerprint density at radius 3 is 2.66 bits per heavy atom. The van der Waals surface area contributed by atoms with Gasteiger partial charge in [0.15, 0.2) is 0 Å². The van der Waals surface area contributed by atoms with Crippen molar-refractivity contribution in [3.05, 3.63) is 65.7 Å². The van der Waals surface area contributed by atoms with Crippen molar-refractivity contribution in [3.63, 3.8) is 0 Å². The molecule has 1 saturated heterocycles. The highest BCUT2D eigenvalue weighted by Crippen LogP contribution is 2.44. The van der Waals surface area contributed by atoms with E-state index in [1.165, 1.54) is 11.1 Å². The molecule has 0 aromatic heterocycles. The lowest BCUT2D eigenvalue weighted by molar-refractivity contribution is 0.0126.